The van der Waals surface area contributed by atoms with Crippen LogP contribution in [-0.4, -0.2) is 18.1 Å². The van der Waals surface area contributed by atoms with Crippen molar-refractivity contribution in [1.82, 2.24) is 0 Å². The molecule has 0 radical (unpaired) electrons. The summed E-state index contributed by atoms with van der Waals surface area (Å²) in [6.07, 6.45) is -4.46. The first-order valence-electron chi connectivity index (χ1n) is 6.29. The van der Waals surface area contributed by atoms with Crippen LogP contribution in [0.3, 0.4) is 0 Å². The van der Waals surface area contributed by atoms with Gasteiger partial charge in [-0.1, -0.05) is 26.1 Å². The maximum atomic E-state index is 12.9. The Hall–Kier alpha value is -1.30. The summed E-state index contributed by atoms with van der Waals surface area (Å²) in [5.74, 6) is 0.371. The van der Waals surface area contributed by atoms with Crippen molar-refractivity contribution in [3.63, 3.8) is 0 Å². The minimum absolute atomic E-state index is 0.132. The van der Waals surface area contributed by atoms with E-state index in [9.17, 15) is 13.2 Å². The molecule has 0 spiro atoms. The maximum Gasteiger partial charge on any atom is 0.417 e. The van der Waals surface area contributed by atoms with Gasteiger partial charge in [0.25, 0.3) is 0 Å². The van der Waals surface area contributed by atoms with Crippen LogP contribution in [0.2, 0.25) is 0 Å². The van der Waals surface area contributed by atoms with E-state index >= 15 is 0 Å². The first-order valence-corrected chi connectivity index (χ1v) is 6.70. The summed E-state index contributed by atoms with van der Waals surface area (Å²) in [5, 5.41) is 0. The number of anilines is 1. The molecule has 6 heteroatoms. The van der Waals surface area contributed by atoms with Gasteiger partial charge in [0.1, 0.15) is 4.99 Å². The monoisotopic (exact) mass is 304 g/mol. The van der Waals surface area contributed by atoms with Gasteiger partial charge in [-0.25, -0.2) is 0 Å². The minimum atomic E-state index is -4.46. The van der Waals surface area contributed by atoms with Crippen LogP contribution in [-0.2, 0) is 6.18 Å². The summed E-state index contributed by atoms with van der Waals surface area (Å²) < 4.78 is 38.7. The molecule has 1 aromatic rings. The van der Waals surface area contributed by atoms with E-state index in [2.05, 4.69) is 13.8 Å². The zero-order valence-electron chi connectivity index (χ0n) is 12.0. The third kappa shape index (κ3) is 3.62. The van der Waals surface area contributed by atoms with Crippen LogP contribution in [0.1, 0.15) is 31.9 Å². The Morgan fingerprint density at radius 1 is 1.25 bits per heavy atom. The summed E-state index contributed by atoms with van der Waals surface area (Å²) in [5.41, 5.74) is 5.17. The molecule has 0 saturated heterocycles. The predicted octanol–water partition coefficient (Wildman–Crippen LogP) is 3.82. The standard InChI is InChI=1S/C14H19F3N2S/c1-8(2)9(3)19(4)10-5-6-12(14(15,16)17)11(7-10)13(18)20/h5-9H,1-4H3,(H2,18,20). The molecule has 0 aliphatic rings. The molecule has 0 saturated carbocycles. The van der Waals surface area contributed by atoms with Crippen molar-refractivity contribution in [2.75, 3.05) is 11.9 Å². The molecule has 1 unspecified atom stereocenters. The normalized spacial score (nSPS) is 13.4. The van der Waals surface area contributed by atoms with Gasteiger partial charge in [0.2, 0.25) is 0 Å². The third-order valence-corrected chi connectivity index (χ3v) is 3.78. The SMILES string of the molecule is CC(C)C(C)N(C)c1ccc(C(F)(F)F)c(C(N)=S)c1. The summed E-state index contributed by atoms with van der Waals surface area (Å²) in [6.45, 7) is 6.13. The lowest BCUT2D eigenvalue weighted by Gasteiger charge is -2.30. The fourth-order valence-electron chi connectivity index (χ4n) is 1.89. The van der Waals surface area contributed by atoms with Gasteiger partial charge in [0.05, 0.1) is 5.56 Å². The average Bonchev–Trinajstić information content (AvgIpc) is 2.34. The highest BCUT2D eigenvalue weighted by atomic mass is 32.1. The van der Waals surface area contributed by atoms with E-state index in [0.717, 1.165) is 6.07 Å². The van der Waals surface area contributed by atoms with E-state index < -0.39 is 11.7 Å². The number of halogens is 3. The molecular weight excluding hydrogens is 285 g/mol. The van der Waals surface area contributed by atoms with E-state index in [4.69, 9.17) is 18.0 Å². The first-order chi connectivity index (χ1) is 9.05. The second kappa shape index (κ2) is 5.99. The van der Waals surface area contributed by atoms with Crippen LogP contribution >= 0.6 is 12.2 Å². The van der Waals surface area contributed by atoms with Crippen LogP contribution in [0.15, 0.2) is 18.2 Å². The molecule has 0 aliphatic heterocycles. The molecule has 0 aliphatic carbocycles. The number of nitrogens with zero attached hydrogens (tertiary/aromatic N) is 1. The molecule has 20 heavy (non-hydrogen) atoms. The Bertz CT molecular complexity index is 498. The summed E-state index contributed by atoms with van der Waals surface area (Å²) in [6, 6.07) is 4.08. The highest BCUT2D eigenvalue weighted by Gasteiger charge is 2.34. The van der Waals surface area contributed by atoms with E-state index in [1.54, 1.807) is 0 Å². The van der Waals surface area contributed by atoms with Gasteiger partial charge in [-0.15, -0.1) is 0 Å². The fourth-order valence-corrected chi connectivity index (χ4v) is 2.05. The van der Waals surface area contributed by atoms with Gasteiger partial charge in [0.15, 0.2) is 0 Å². The molecule has 2 N–H and O–H groups in total. The lowest BCUT2D eigenvalue weighted by atomic mass is 10.0. The van der Waals surface area contributed by atoms with Gasteiger partial charge in [0, 0.05) is 24.3 Å². The molecular formula is C14H19F3N2S. The zero-order valence-corrected chi connectivity index (χ0v) is 12.8. The molecule has 112 valence electrons. The molecule has 0 bridgehead atoms. The number of benzene rings is 1. The van der Waals surface area contributed by atoms with Crippen LogP contribution in [0.25, 0.3) is 0 Å². The average molecular weight is 304 g/mol. The van der Waals surface area contributed by atoms with E-state index in [0.29, 0.717) is 11.6 Å². The smallest absolute Gasteiger partial charge is 0.389 e. The number of rotatable bonds is 4. The Morgan fingerprint density at radius 2 is 1.80 bits per heavy atom. The van der Waals surface area contributed by atoms with Crippen molar-refractivity contribution in [3.05, 3.63) is 29.3 Å². The highest BCUT2D eigenvalue weighted by Crippen LogP contribution is 2.34. The lowest BCUT2D eigenvalue weighted by Crippen LogP contribution is -2.33. The lowest BCUT2D eigenvalue weighted by molar-refractivity contribution is -0.137. The number of thiocarbonyl (C=S) groups is 1. The molecule has 0 aromatic heterocycles. The number of hydrogen-bond acceptors (Lipinski definition) is 2. The van der Waals surface area contributed by atoms with Crippen molar-refractivity contribution >= 4 is 22.9 Å². The predicted molar refractivity (Wildman–Crippen MR) is 80.0 cm³/mol. The fraction of sp³-hybridized carbons (Fsp3) is 0.500. The van der Waals surface area contributed by atoms with Gasteiger partial charge in [-0.3, -0.25) is 0 Å². The third-order valence-electron chi connectivity index (χ3n) is 3.56. The Balaban J connectivity index is 3.27. The highest BCUT2D eigenvalue weighted by molar-refractivity contribution is 7.80. The summed E-state index contributed by atoms with van der Waals surface area (Å²) in [4.78, 5) is 1.68. The van der Waals surface area contributed by atoms with Gasteiger partial charge >= 0.3 is 6.18 Å². The molecule has 2 nitrogen and oxygen atoms in total. The van der Waals surface area contributed by atoms with Crippen molar-refractivity contribution in [2.45, 2.75) is 33.0 Å². The topological polar surface area (TPSA) is 29.3 Å². The molecule has 0 heterocycles. The first kappa shape index (κ1) is 16.8. The van der Waals surface area contributed by atoms with E-state index in [1.807, 2.05) is 18.9 Å². The van der Waals surface area contributed by atoms with Crippen molar-refractivity contribution in [3.8, 4) is 0 Å². The number of nitrogens with two attached hydrogens (primary N) is 1. The van der Waals surface area contributed by atoms with Crippen molar-refractivity contribution < 1.29 is 13.2 Å². The maximum absolute atomic E-state index is 12.9. The van der Waals surface area contributed by atoms with Crippen molar-refractivity contribution in [2.24, 2.45) is 11.7 Å². The van der Waals surface area contributed by atoms with Crippen LogP contribution < -0.4 is 10.6 Å². The molecule has 1 atom stereocenters. The van der Waals surface area contributed by atoms with Crippen LogP contribution in [0.4, 0.5) is 18.9 Å². The quantitative estimate of drug-likeness (QED) is 0.858. The Labute approximate surface area is 122 Å². The van der Waals surface area contributed by atoms with Gasteiger partial charge < -0.3 is 10.6 Å². The van der Waals surface area contributed by atoms with Gasteiger partial charge in [-0.2, -0.15) is 13.2 Å². The largest absolute Gasteiger partial charge is 0.417 e. The van der Waals surface area contributed by atoms with E-state index in [-0.39, 0.29) is 16.6 Å². The second-order valence-electron chi connectivity index (χ2n) is 5.19. The molecule has 1 rings (SSSR count). The Kier molecular flexibility index (Phi) is 5.02. The number of hydrogen-bond donors (Lipinski definition) is 1. The zero-order chi connectivity index (χ0) is 15.7. The molecule has 0 fully saturated rings. The summed E-state index contributed by atoms with van der Waals surface area (Å²) in [7, 11) is 1.84. The van der Waals surface area contributed by atoms with Gasteiger partial charge in [-0.05, 0) is 31.0 Å². The second-order valence-corrected chi connectivity index (χ2v) is 5.63. The van der Waals surface area contributed by atoms with Crippen LogP contribution in [0, 0.1) is 5.92 Å². The molecule has 1 aromatic carbocycles. The van der Waals surface area contributed by atoms with Crippen LogP contribution in [0.5, 0.6) is 0 Å². The van der Waals surface area contributed by atoms with Crippen molar-refractivity contribution in [1.29, 1.82) is 0 Å². The Morgan fingerprint density at radius 3 is 2.20 bits per heavy atom. The van der Waals surface area contributed by atoms with E-state index in [1.165, 1.54) is 12.1 Å². The number of alkyl halides is 3. The molecule has 0 amide bonds. The minimum Gasteiger partial charge on any atom is -0.389 e. The summed E-state index contributed by atoms with van der Waals surface area (Å²) >= 11 is 4.74.